The number of nitro benzene ring substituents is 1. The van der Waals surface area contributed by atoms with Crippen LogP contribution in [0.5, 0.6) is 0 Å². The van der Waals surface area contributed by atoms with E-state index < -0.39 is 28.9 Å². The lowest BCUT2D eigenvalue weighted by atomic mass is 10.2. The summed E-state index contributed by atoms with van der Waals surface area (Å²) in [4.78, 5) is 40.7. The molecule has 0 aliphatic rings. The van der Waals surface area contributed by atoms with Crippen molar-refractivity contribution in [1.29, 1.82) is 0 Å². The zero-order valence-electron chi connectivity index (χ0n) is 15.1. The molecule has 0 bridgehead atoms. The van der Waals surface area contributed by atoms with Gasteiger partial charge in [0.05, 0.1) is 30.4 Å². The fraction of sp³-hybridized carbons (Fsp3) is 0.250. The van der Waals surface area contributed by atoms with Gasteiger partial charge >= 0.3 is 5.69 Å². The van der Waals surface area contributed by atoms with Crippen LogP contribution in [0.2, 0.25) is 0 Å². The summed E-state index contributed by atoms with van der Waals surface area (Å²) < 4.78 is 2.40. The van der Waals surface area contributed by atoms with Crippen LogP contribution in [-0.2, 0) is 13.6 Å². The molecule has 3 rings (SSSR count). The zero-order valence-corrected chi connectivity index (χ0v) is 15.1. The lowest BCUT2D eigenvalue weighted by Crippen LogP contribution is -2.30. The summed E-state index contributed by atoms with van der Waals surface area (Å²) in [7, 11) is 1.41. The topological polar surface area (TPSA) is 181 Å². The number of nitrogens with zero attached hydrogens (tertiary/aromatic N) is 5. The number of H-pyrrole nitrogens is 1. The molecule has 3 aromatic rings. The third kappa shape index (κ3) is 4.04. The standard InChI is InChI=1S/C16H17N7O6/c1-21-13-12(14(26)19-16(21)27)22(7-11(25)8-24)15(18-13)20-17-6-9-3-2-4-10(5-9)23(28)29/h2-6,11,24-25H,7-8H2,1H3,(H,18,20)(H,19,26,27)/b17-6-/t11-/m0/s1. The van der Waals surface area contributed by atoms with Crippen molar-refractivity contribution in [3.05, 3.63) is 60.8 Å². The predicted octanol–water partition coefficient (Wildman–Crippen LogP) is -0.869. The number of nitrogens with one attached hydrogen (secondary N) is 2. The fourth-order valence-corrected chi connectivity index (χ4v) is 2.65. The number of aliphatic hydroxyl groups is 2. The van der Waals surface area contributed by atoms with Crippen LogP contribution in [0, 0.1) is 10.1 Å². The highest BCUT2D eigenvalue weighted by Crippen LogP contribution is 2.16. The second-order valence-electron chi connectivity index (χ2n) is 6.10. The van der Waals surface area contributed by atoms with Gasteiger partial charge in [0.2, 0.25) is 5.95 Å². The highest BCUT2D eigenvalue weighted by Gasteiger charge is 2.19. The maximum atomic E-state index is 12.2. The van der Waals surface area contributed by atoms with Crippen molar-refractivity contribution in [3.63, 3.8) is 0 Å². The Kier molecular flexibility index (Phi) is 5.52. The van der Waals surface area contributed by atoms with Crippen molar-refractivity contribution in [2.24, 2.45) is 12.1 Å². The van der Waals surface area contributed by atoms with Crippen molar-refractivity contribution in [2.75, 3.05) is 12.0 Å². The molecule has 13 nitrogen and oxygen atoms in total. The maximum absolute atomic E-state index is 12.2. The molecule has 0 fully saturated rings. The van der Waals surface area contributed by atoms with Gasteiger partial charge in [-0.1, -0.05) is 12.1 Å². The molecule has 0 radical (unpaired) electrons. The molecule has 2 heterocycles. The number of aromatic nitrogens is 4. The summed E-state index contributed by atoms with van der Waals surface area (Å²) in [5.41, 5.74) is 1.61. The van der Waals surface area contributed by atoms with Gasteiger partial charge in [0, 0.05) is 24.7 Å². The van der Waals surface area contributed by atoms with Crippen LogP contribution in [0.1, 0.15) is 5.56 Å². The number of benzene rings is 1. The van der Waals surface area contributed by atoms with Crippen LogP contribution in [-0.4, -0.2) is 53.2 Å². The van der Waals surface area contributed by atoms with Crippen molar-refractivity contribution in [2.45, 2.75) is 12.6 Å². The highest BCUT2D eigenvalue weighted by atomic mass is 16.6. The highest BCUT2D eigenvalue weighted by molar-refractivity contribution is 5.81. The first kappa shape index (κ1) is 19.9. The third-order valence-electron chi connectivity index (χ3n) is 4.07. The third-order valence-corrected chi connectivity index (χ3v) is 4.07. The second-order valence-corrected chi connectivity index (χ2v) is 6.10. The Hall–Kier alpha value is -3.84. The van der Waals surface area contributed by atoms with Gasteiger partial charge in [0.1, 0.15) is 0 Å². The average Bonchev–Trinajstić information content (AvgIpc) is 3.05. The quantitative estimate of drug-likeness (QED) is 0.223. The van der Waals surface area contributed by atoms with Crippen LogP contribution in [0.3, 0.4) is 0 Å². The number of hydrogen-bond donors (Lipinski definition) is 4. The van der Waals surface area contributed by atoms with E-state index in [0.29, 0.717) is 5.56 Å². The maximum Gasteiger partial charge on any atom is 0.329 e. The van der Waals surface area contributed by atoms with E-state index in [1.54, 1.807) is 6.07 Å². The number of aromatic amines is 1. The number of aryl methyl sites for hydroxylation is 1. The fourth-order valence-electron chi connectivity index (χ4n) is 2.65. The molecule has 13 heteroatoms. The van der Waals surface area contributed by atoms with E-state index in [2.05, 4.69) is 20.5 Å². The van der Waals surface area contributed by atoms with Crippen molar-refractivity contribution in [3.8, 4) is 0 Å². The minimum Gasteiger partial charge on any atom is -0.394 e. The number of hydrogen-bond acceptors (Lipinski definition) is 9. The SMILES string of the molecule is Cn1c(=O)[nH]c(=O)c2c1nc(N/N=C\c1cccc([N+](=O)[O-])c1)n2C[C@H](O)CO. The molecule has 1 aromatic carbocycles. The molecule has 2 aromatic heterocycles. The molecule has 0 aliphatic carbocycles. The summed E-state index contributed by atoms with van der Waals surface area (Å²) in [6, 6.07) is 5.76. The van der Waals surface area contributed by atoms with E-state index in [1.807, 2.05) is 0 Å². The van der Waals surface area contributed by atoms with E-state index in [9.17, 15) is 24.8 Å². The van der Waals surface area contributed by atoms with Gasteiger partial charge in [0.15, 0.2) is 11.2 Å². The van der Waals surface area contributed by atoms with Gasteiger partial charge in [-0.05, 0) is 0 Å². The molecule has 29 heavy (non-hydrogen) atoms. The van der Waals surface area contributed by atoms with E-state index >= 15 is 0 Å². The van der Waals surface area contributed by atoms with E-state index in [1.165, 1.54) is 36.0 Å². The van der Waals surface area contributed by atoms with Crippen molar-refractivity contribution < 1.29 is 15.1 Å². The number of nitro groups is 1. The van der Waals surface area contributed by atoms with Crippen LogP contribution < -0.4 is 16.7 Å². The number of rotatable bonds is 7. The smallest absolute Gasteiger partial charge is 0.329 e. The first-order valence-electron chi connectivity index (χ1n) is 8.33. The molecule has 0 spiro atoms. The van der Waals surface area contributed by atoms with Crippen LogP contribution >= 0.6 is 0 Å². The Morgan fingerprint density at radius 1 is 1.45 bits per heavy atom. The van der Waals surface area contributed by atoms with Gasteiger partial charge in [0.25, 0.3) is 11.2 Å². The second kappa shape index (κ2) is 8.04. The molecular weight excluding hydrogens is 386 g/mol. The minimum absolute atomic E-state index is 0.00708. The summed E-state index contributed by atoms with van der Waals surface area (Å²) >= 11 is 0. The molecule has 4 N–H and O–H groups in total. The van der Waals surface area contributed by atoms with Crippen LogP contribution in [0.4, 0.5) is 11.6 Å². The van der Waals surface area contributed by atoms with Gasteiger partial charge in [-0.2, -0.15) is 10.1 Å². The van der Waals surface area contributed by atoms with Crippen LogP contribution in [0.25, 0.3) is 11.2 Å². The van der Waals surface area contributed by atoms with E-state index in [4.69, 9.17) is 5.11 Å². The van der Waals surface area contributed by atoms with E-state index in [-0.39, 0.29) is 29.3 Å². The number of non-ortho nitro benzene ring substituents is 1. The molecular formula is C16H17N7O6. The molecule has 0 saturated carbocycles. The summed E-state index contributed by atoms with van der Waals surface area (Å²) in [5.74, 6) is 0.0286. The first-order chi connectivity index (χ1) is 13.8. The van der Waals surface area contributed by atoms with Crippen LogP contribution in [0.15, 0.2) is 39.0 Å². The number of aliphatic hydroxyl groups excluding tert-OH is 2. The van der Waals surface area contributed by atoms with Gasteiger partial charge < -0.3 is 14.8 Å². The zero-order chi connectivity index (χ0) is 21.1. The molecule has 0 saturated heterocycles. The van der Waals surface area contributed by atoms with Gasteiger partial charge in [-0.25, -0.2) is 10.2 Å². The number of hydrazone groups is 1. The Labute approximate surface area is 161 Å². The molecule has 0 aliphatic heterocycles. The summed E-state index contributed by atoms with van der Waals surface area (Å²) in [6.45, 7) is -0.747. The molecule has 152 valence electrons. The molecule has 0 amide bonds. The molecule has 1 atom stereocenters. The Morgan fingerprint density at radius 2 is 2.21 bits per heavy atom. The normalized spacial score (nSPS) is 12.5. The number of imidazole rings is 1. The predicted molar refractivity (Wildman–Crippen MR) is 103 cm³/mol. The van der Waals surface area contributed by atoms with Crippen molar-refractivity contribution in [1.82, 2.24) is 19.1 Å². The monoisotopic (exact) mass is 403 g/mol. The lowest BCUT2D eigenvalue weighted by Gasteiger charge is -2.11. The average molecular weight is 403 g/mol. The van der Waals surface area contributed by atoms with Gasteiger partial charge in [-0.3, -0.25) is 24.5 Å². The lowest BCUT2D eigenvalue weighted by molar-refractivity contribution is -0.384. The first-order valence-corrected chi connectivity index (χ1v) is 8.33. The van der Waals surface area contributed by atoms with Gasteiger partial charge in [-0.15, -0.1) is 0 Å². The number of fused-ring (bicyclic) bond motifs is 1. The Balaban J connectivity index is 2.01. The largest absolute Gasteiger partial charge is 0.394 e. The van der Waals surface area contributed by atoms with E-state index in [0.717, 1.165) is 4.57 Å². The summed E-state index contributed by atoms with van der Waals surface area (Å²) in [5, 5.41) is 33.7. The Bertz CT molecular complexity index is 1210. The number of anilines is 1. The molecule has 0 unspecified atom stereocenters. The minimum atomic E-state index is -1.19. The summed E-state index contributed by atoms with van der Waals surface area (Å²) in [6.07, 6.45) is 0.118. The Morgan fingerprint density at radius 3 is 2.90 bits per heavy atom. The van der Waals surface area contributed by atoms with Crippen molar-refractivity contribution >= 4 is 29.0 Å².